The van der Waals surface area contributed by atoms with Crippen LogP contribution in [-0.4, -0.2) is 39.5 Å². The van der Waals surface area contributed by atoms with Gasteiger partial charge in [0, 0.05) is 25.3 Å². The summed E-state index contributed by atoms with van der Waals surface area (Å²) in [6.07, 6.45) is 0.809. The van der Waals surface area contributed by atoms with Crippen LogP contribution in [0.15, 0.2) is 24.3 Å². The van der Waals surface area contributed by atoms with Gasteiger partial charge in [0.1, 0.15) is 12.6 Å². The second kappa shape index (κ2) is 9.72. The lowest BCUT2D eigenvalue weighted by Gasteiger charge is -2.13. The lowest BCUT2D eigenvalue weighted by molar-refractivity contribution is -0.147. The number of hydrogen-bond acceptors (Lipinski definition) is 5. The molecule has 0 saturated heterocycles. The molecular formula is C14H20ClNO4. The Bertz CT molecular complexity index is 414. The Kier molecular flexibility index (Phi) is 8.22. The normalized spacial score (nSPS) is 12.2. The number of rotatable bonds is 9. The van der Waals surface area contributed by atoms with E-state index in [-0.39, 0.29) is 6.61 Å². The van der Waals surface area contributed by atoms with E-state index in [0.29, 0.717) is 30.4 Å². The molecule has 0 aliphatic heterocycles. The fourth-order valence-corrected chi connectivity index (χ4v) is 1.81. The van der Waals surface area contributed by atoms with Crippen molar-refractivity contribution < 1.29 is 19.0 Å². The SMILES string of the molecule is COCCCOCCOC(=O)[C@H](N)c1ccccc1Cl. The molecule has 1 aromatic carbocycles. The predicted octanol–water partition coefficient (Wildman–Crippen LogP) is 1.94. The van der Waals surface area contributed by atoms with Crippen molar-refractivity contribution in [3.05, 3.63) is 34.9 Å². The van der Waals surface area contributed by atoms with E-state index in [1.807, 2.05) is 0 Å². The van der Waals surface area contributed by atoms with Crippen molar-refractivity contribution in [2.24, 2.45) is 5.73 Å². The molecule has 2 N–H and O–H groups in total. The molecule has 0 radical (unpaired) electrons. The minimum absolute atomic E-state index is 0.171. The molecule has 0 unspecified atom stereocenters. The largest absolute Gasteiger partial charge is 0.462 e. The van der Waals surface area contributed by atoms with Gasteiger partial charge in [0.2, 0.25) is 0 Å². The predicted molar refractivity (Wildman–Crippen MR) is 76.7 cm³/mol. The minimum Gasteiger partial charge on any atom is -0.462 e. The maximum atomic E-state index is 11.7. The fraction of sp³-hybridized carbons (Fsp3) is 0.500. The number of esters is 1. The quantitative estimate of drug-likeness (QED) is 0.557. The van der Waals surface area contributed by atoms with Crippen LogP contribution in [-0.2, 0) is 19.0 Å². The van der Waals surface area contributed by atoms with Crippen molar-refractivity contribution in [1.82, 2.24) is 0 Å². The Hall–Kier alpha value is -1.14. The lowest BCUT2D eigenvalue weighted by atomic mass is 10.1. The highest BCUT2D eigenvalue weighted by atomic mass is 35.5. The molecule has 0 fully saturated rings. The van der Waals surface area contributed by atoms with E-state index in [4.69, 9.17) is 31.5 Å². The Morgan fingerprint density at radius 1 is 1.25 bits per heavy atom. The summed E-state index contributed by atoms with van der Waals surface area (Å²) in [7, 11) is 1.64. The van der Waals surface area contributed by atoms with Gasteiger partial charge < -0.3 is 19.9 Å². The van der Waals surface area contributed by atoms with Gasteiger partial charge in [-0.15, -0.1) is 0 Å². The summed E-state index contributed by atoms with van der Waals surface area (Å²) in [5.74, 6) is -0.515. The second-order valence-corrected chi connectivity index (χ2v) is 4.53. The molecule has 0 saturated carbocycles. The molecule has 0 aliphatic rings. The highest BCUT2D eigenvalue weighted by Crippen LogP contribution is 2.21. The van der Waals surface area contributed by atoms with Crippen molar-refractivity contribution >= 4 is 17.6 Å². The van der Waals surface area contributed by atoms with Crippen LogP contribution in [0.5, 0.6) is 0 Å². The summed E-state index contributed by atoms with van der Waals surface area (Å²) in [5, 5.41) is 0.452. The average Bonchev–Trinajstić information content (AvgIpc) is 2.46. The lowest BCUT2D eigenvalue weighted by Crippen LogP contribution is -2.25. The van der Waals surface area contributed by atoms with Gasteiger partial charge in [0.25, 0.3) is 0 Å². The van der Waals surface area contributed by atoms with E-state index in [1.54, 1.807) is 31.4 Å². The van der Waals surface area contributed by atoms with Crippen molar-refractivity contribution in [2.75, 3.05) is 33.5 Å². The third kappa shape index (κ3) is 5.88. The second-order valence-electron chi connectivity index (χ2n) is 4.13. The van der Waals surface area contributed by atoms with E-state index in [9.17, 15) is 4.79 Å². The molecule has 1 rings (SSSR count). The van der Waals surface area contributed by atoms with Crippen molar-refractivity contribution in [3.8, 4) is 0 Å². The first-order chi connectivity index (χ1) is 9.66. The van der Waals surface area contributed by atoms with E-state index >= 15 is 0 Å². The maximum Gasteiger partial charge on any atom is 0.327 e. The number of carbonyl (C=O) groups is 1. The monoisotopic (exact) mass is 301 g/mol. The number of hydrogen-bond donors (Lipinski definition) is 1. The Morgan fingerprint density at radius 3 is 2.70 bits per heavy atom. The smallest absolute Gasteiger partial charge is 0.327 e. The first-order valence-corrected chi connectivity index (χ1v) is 6.78. The molecular weight excluding hydrogens is 282 g/mol. The van der Waals surface area contributed by atoms with Gasteiger partial charge in [0.05, 0.1) is 6.61 Å². The van der Waals surface area contributed by atoms with Gasteiger partial charge in [-0.2, -0.15) is 0 Å². The molecule has 112 valence electrons. The number of halogens is 1. The molecule has 0 aliphatic carbocycles. The summed E-state index contributed by atoms with van der Waals surface area (Å²) in [6.45, 7) is 1.73. The Balaban J connectivity index is 2.24. The summed E-state index contributed by atoms with van der Waals surface area (Å²) in [4.78, 5) is 11.7. The number of ether oxygens (including phenoxy) is 3. The Morgan fingerprint density at radius 2 is 2.00 bits per heavy atom. The summed E-state index contributed by atoms with van der Waals surface area (Å²) in [5.41, 5.74) is 6.36. The first kappa shape index (κ1) is 16.9. The van der Waals surface area contributed by atoms with Gasteiger partial charge >= 0.3 is 5.97 Å². The minimum atomic E-state index is -0.878. The molecule has 1 atom stereocenters. The van der Waals surface area contributed by atoms with E-state index in [2.05, 4.69) is 0 Å². The van der Waals surface area contributed by atoms with Gasteiger partial charge in [-0.25, -0.2) is 4.79 Å². The van der Waals surface area contributed by atoms with Crippen molar-refractivity contribution in [3.63, 3.8) is 0 Å². The molecule has 0 amide bonds. The topological polar surface area (TPSA) is 70.8 Å². The average molecular weight is 302 g/mol. The zero-order valence-electron chi connectivity index (χ0n) is 11.5. The van der Waals surface area contributed by atoms with Crippen molar-refractivity contribution in [1.29, 1.82) is 0 Å². The molecule has 6 heteroatoms. The molecule has 0 heterocycles. The zero-order chi connectivity index (χ0) is 14.8. The van der Waals surface area contributed by atoms with Gasteiger partial charge in [-0.05, 0) is 18.1 Å². The van der Waals surface area contributed by atoms with Crippen LogP contribution in [0.4, 0.5) is 0 Å². The third-order valence-corrected chi connectivity index (χ3v) is 2.95. The van der Waals surface area contributed by atoms with E-state index < -0.39 is 12.0 Å². The Labute approximate surface area is 123 Å². The highest BCUT2D eigenvalue weighted by Gasteiger charge is 2.19. The summed E-state index contributed by atoms with van der Waals surface area (Å²) < 4.78 is 15.2. The number of nitrogens with two attached hydrogens (primary N) is 1. The van der Waals surface area contributed by atoms with E-state index in [1.165, 1.54) is 0 Å². The molecule has 0 spiro atoms. The molecule has 0 bridgehead atoms. The van der Waals surface area contributed by atoms with Crippen LogP contribution < -0.4 is 5.73 Å². The molecule has 1 aromatic rings. The zero-order valence-corrected chi connectivity index (χ0v) is 12.3. The molecule has 5 nitrogen and oxygen atoms in total. The molecule has 20 heavy (non-hydrogen) atoms. The number of benzene rings is 1. The van der Waals surface area contributed by atoms with Crippen LogP contribution in [0.3, 0.4) is 0 Å². The fourth-order valence-electron chi connectivity index (χ4n) is 1.55. The van der Waals surface area contributed by atoms with Gasteiger partial charge in [0.15, 0.2) is 0 Å². The molecule has 0 aromatic heterocycles. The maximum absolute atomic E-state index is 11.7. The van der Waals surface area contributed by atoms with Crippen LogP contribution in [0, 0.1) is 0 Å². The van der Waals surface area contributed by atoms with Crippen molar-refractivity contribution in [2.45, 2.75) is 12.5 Å². The standard InChI is InChI=1S/C14H20ClNO4/c1-18-7-4-8-19-9-10-20-14(17)13(16)11-5-2-3-6-12(11)15/h2-3,5-6,13H,4,7-10,16H2,1H3/t13-/m1/s1. The van der Waals surface area contributed by atoms with Crippen LogP contribution in [0.1, 0.15) is 18.0 Å². The van der Waals surface area contributed by atoms with Crippen LogP contribution in [0.25, 0.3) is 0 Å². The van der Waals surface area contributed by atoms with E-state index in [0.717, 1.165) is 6.42 Å². The summed E-state index contributed by atoms with van der Waals surface area (Å²) >= 11 is 5.97. The van der Waals surface area contributed by atoms with Gasteiger partial charge in [-0.1, -0.05) is 29.8 Å². The third-order valence-electron chi connectivity index (χ3n) is 2.60. The first-order valence-electron chi connectivity index (χ1n) is 6.40. The van der Waals surface area contributed by atoms with Crippen LogP contribution in [0.2, 0.25) is 5.02 Å². The number of methoxy groups -OCH3 is 1. The summed E-state index contributed by atoms with van der Waals surface area (Å²) in [6, 6.07) is 6.06. The number of carbonyl (C=O) groups excluding carboxylic acids is 1. The van der Waals surface area contributed by atoms with Crippen LogP contribution >= 0.6 is 11.6 Å². The van der Waals surface area contributed by atoms with Gasteiger partial charge in [-0.3, -0.25) is 0 Å². The highest BCUT2D eigenvalue weighted by molar-refractivity contribution is 6.31.